The Labute approximate surface area is 102 Å². The van der Waals surface area contributed by atoms with Crippen LogP contribution in [-0.4, -0.2) is 34.8 Å². The van der Waals surface area contributed by atoms with Gasteiger partial charge in [0.1, 0.15) is 11.6 Å². The standard InChI is InChI=1S/C12H20N4O/c1-9-14-11(10(13)8-17)7-12(15-9)16-5-3-2-4-6-16/h7,10,17H,2-6,8,13H2,1H3. The highest BCUT2D eigenvalue weighted by atomic mass is 16.3. The molecule has 1 aliphatic heterocycles. The Hall–Kier alpha value is -1.20. The number of hydrogen-bond donors (Lipinski definition) is 2. The van der Waals surface area contributed by atoms with Gasteiger partial charge < -0.3 is 15.7 Å². The molecule has 0 bridgehead atoms. The summed E-state index contributed by atoms with van der Waals surface area (Å²) in [5.41, 5.74) is 6.53. The number of nitrogens with two attached hydrogens (primary N) is 1. The number of aliphatic hydroxyl groups is 1. The van der Waals surface area contributed by atoms with E-state index in [1.807, 2.05) is 13.0 Å². The molecule has 5 heteroatoms. The molecule has 17 heavy (non-hydrogen) atoms. The number of piperidine rings is 1. The van der Waals surface area contributed by atoms with Gasteiger partial charge in [0.25, 0.3) is 0 Å². The second-order valence-corrected chi connectivity index (χ2v) is 4.53. The van der Waals surface area contributed by atoms with Crippen molar-refractivity contribution < 1.29 is 5.11 Å². The largest absolute Gasteiger partial charge is 0.394 e. The van der Waals surface area contributed by atoms with Crippen molar-refractivity contribution in [2.45, 2.75) is 32.2 Å². The van der Waals surface area contributed by atoms with Crippen LogP contribution < -0.4 is 10.6 Å². The third-order valence-electron chi connectivity index (χ3n) is 3.10. The molecule has 1 aromatic rings. The Balaban J connectivity index is 2.24. The van der Waals surface area contributed by atoms with Crippen molar-refractivity contribution in [3.63, 3.8) is 0 Å². The van der Waals surface area contributed by atoms with Crippen molar-refractivity contribution in [3.05, 3.63) is 17.6 Å². The monoisotopic (exact) mass is 236 g/mol. The Bertz CT molecular complexity index is 377. The van der Waals surface area contributed by atoms with E-state index in [-0.39, 0.29) is 6.61 Å². The van der Waals surface area contributed by atoms with Crippen LogP contribution in [0.5, 0.6) is 0 Å². The van der Waals surface area contributed by atoms with Crippen LogP contribution >= 0.6 is 0 Å². The summed E-state index contributed by atoms with van der Waals surface area (Å²) < 4.78 is 0. The van der Waals surface area contributed by atoms with Crippen LogP contribution in [0.3, 0.4) is 0 Å². The van der Waals surface area contributed by atoms with E-state index in [4.69, 9.17) is 10.8 Å². The van der Waals surface area contributed by atoms with Gasteiger partial charge in [-0.05, 0) is 26.2 Å². The molecule has 2 rings (SSSR count). The maximum atomic E-state index is 9.08. The first-order valence-corrected chi connectivity index (χ1v) is 6.17. The van der Waals surface area contributed by atoms with E-state index in [1.165, 1.54) is 19.3 Å². The number of aromatic nitrogens is 2. The summed E-state index contributed by atoms with van der Waals surface area (Å²) in [6.45, 7) is 3.87. The second-order valence-electron chi connectivity index (χ2n) is 4.53. The van der Waals surface area contributed by atoms with Crippen LogP contribution in [0.25, 0.3) is 0 Å². The molecule has 0 radical (unpaired) electrons. The summed E-state index contributed by atoms with van der Waals surface area (Å²) in [6, 6.07) is 1.49. The highest BCUT2D eigenvalue weighted by molar-refractivity contribution is 5.40. The highest BCUT2D eigenvalue weighted by Crippen LogP contribution is 2.20. The third kappa shape index (κ3) is 2.92. The molecular formula is C12H20N4O. The Morgan fingerprint density at radius 2 is 2.06 bits per heavy atom. The van der Waals surface area contributed by atoms with Gasteiger partial charge in [0.2, 0.25) is 0 Å². The number of rotatable bonds is 3. The van der Waals surface area contributed by atoms with E-state index in [2.05, 4.69) is 14.9 Å². The van der Waals surface area contributed by atoms with Crippen molar-refractivity contribution in [3.8, 4) is 0 Å². The Morgan fingerprint density at radius 3 is 2.71 bits per heavy atom. The highest BCUT2D eigenvalue weighted by Gasteiger charge is 2.15. The molecule has 1 atom stereocenters. The number of anilines is 1. The Kier molecular flexibility index (Phi) is 3.91. The first-order chi connectivity index (χ1) is 8.20. The van der Waals surface area contributed by atoms with Crippen LogP contribution in [-0.2, 0) is 0 Å². The molecule has 0 saturated carbocycles. The van der Waals surface area contributed by atoms with Gasteiger partial charge in [0.05, 0.1) is 18.3 Å². The second kappa shape index (κ2) is 5.42. The molecule has 0 aliphatic carbocycles. The molecule has 1 saturated heterocycles. The number of nitrogens with zero attached hydrogens (tertiary/aromatic N) is 3. The van der Waals surface area contributed by atoms with Gasteiger partial charge in [0.15, 0.2) is 0 Å². The van der Waals surface area contributed by atoms with Crippen LogP contribution in [0.2, 0.25) is 0 Å². The molecule has 0 aromatic carbocycles. The first kappa shape index (κ1) is 12.3. The van der Waals surface area contributed by atoms with Gasteiger partial charge in [-0.2, -0.15) is 0 Å². The zero-order valence-corrected chi connectivity index (χ0v) is 10.3. The molecule has 1 unspecified atom stereocenters. The van der Waals surface area contributed by atoms with Crippen LogP contribution in [0.1, 0.15) is 36.8 Å². The fourth-order valence-electron chi connectivity index (χ4n) is 2.14. The fourth-order valence-corrected chi connectivity index (χ4v) is 2.14. The van der Waals surface area contributed by atoms with Crippen molar-refractivity contribution in [2.24, 2.45) is 5.73 Å². The summed E-state index contributed by atoms with van der Waals surface area (Å²) in [6.07, 6.45) is 3.72. The minimum Gasteiger partial charge on any atom is -0.394 e. The summed E-state index contributed by atoms with van der Waals surface area (Å²) in [4.78, 5) is 11.0. The number of hydrogen-bond acceptors (Lipinski definition) is 5. The van der Waals surface area contributed by atoms with Crippen molar-refractivity contribution in [1.29, 1.82) is 0 Å². The lowest BCUT2D eigenvalue weighted by Crippen LogP contribution is -2.31. The normalized spacial score (nSPS) is 18.2. The molecule has 1 fully saturated rings. The topological polar surface area (TPSA) is 75.3 Å². The van der Waals surface area contributed by atoms with Gasteiger partial charge in [-0.25, -0.2) is 9.97 Å². The summed E-state index contributed by atoms with van der Waals surface area (Å²) >= 11 is 0. The van der Waals surface area contributed by atoms with E-state index in [9.17, 15) is 0 Å². The van der Waals surface area contributed by atoms with Crippen molar-refractivity contribution in [2.75, 3.05) is 24.6 Å². The van der Waals surface area contributed by atoms with Gasteiger partial charge in [-0.1, -0.05) is 0 Å². The van der Waals surface area contributed by atoms with Gasteiger partial charge in [-0.15, -0.1) is 0 Å². The summed E-state index contributed by atoms with van der Waals surface area (Å²) in [5.74, 6) is 1.66. The van der Waals surface area contributed by atoms with E-state index < -0.39 is 6.04 Å². The molecular weight excluding hydrogens is 216 g/mol. The molecule has 1 aromatic heterocycles. The maximum absolute atomic E-state index is 9.08. The zero-order chi connectivity index (χ0) is 12.3. The van der Waals surface area contributed by atoms with E-state index >= 15 is 0 Å². The predicted octanol–water partition coefficient (Wildman–Crippen LogP) is 0.767. The molecule has 1 aliphatic rings. The summed E-state index contributed by atoms with van der Waals surface area (Å²) in [5, 5.41) is 9.08. The average Bonchev–Trinajstić information content (AvgIpc) is 2.38. The molecule has 0 spiro atoms. The van der Waals surface area contributed by atoms with Gasteiger partial charge >= 0.3 is 0 Å². The lowest BCUT2D eigenvalue weighted by atomic mass is 10.1. The van der Waals surface area contributed by atoms with Crippen LogP contribution in [0, 0.1) is 6.92 Å². The van der Waals surface area contributed by atoms with Crippen LogP contribution in [0.15, 0.2) is 6.07 Å². The molecule has 2 heterocycles. The maximum Gasteiger partial charge on any atom is 0.132 e. The zero-order valence-electron chi connectivity index (χ0n) is 10.3. The first-order valence-electron chi connectivity index (χ1n) is 6.17. The quantitative estimate of drug-likeness (QED) is 0.810. The van der Waals surface area contributed by atoms with Crippen molar-refractivity contribution in [1.82, 2.24) is 9.97 Å². The van der Waals surface area contributed by atoms with E-state index in [1.54, 1.807) is 0 Å². The predicted molar refractivity (Wildman–Crippen MR) is 66.8 cm³/mol. The van der Waals surface area contributed by atoms with Crippen molar-refractivity contribution >= 4 is 5.82 Å². The third-order valence-corrected chi connectivity index (χ3v) is 3.10. The fraction of sp³-hybridized carbons (Fsp3) is 0.667. The smallest absolute Gasteiger partial charge is 0.132 e. The van der Waals surface area contributed by atoms with Gasteiger partial charge in [-0.3, -0.25) is 0 Å². The average molecular weight is 236 g/mol. The molecule has 3 N–H and O–H groups in total. The van der Waals surface area contributed by atoms with E-state index in [0.29, 0.717) is 5.82 Å². The SMILES string of the molecule is Cc1nc(C(N)CO)cc(N2CCCCC2)n1. The number of aryl methyl sites for hydroxylation is 1. The number of aliphatic hydroxyl groups excluding tert-OH is 1. The minimum absolute atomic E-state index is 0.0874. The van der Waals surface area contributed by atoms with Crippen LogP contribution in [0.4, 0.5) is 5.82 Å². The lowest BCUT2D eigenvalue weighted by molar-refractivity contribution is 0.265. The molecule has 0 amide bonds. The minimum atomic E-state index is -0.416. The van der Waals surface area contributed by atoms with Gasteiger partial charge in [0, 0.05) is 19.2 Å². The molecule has 94 valence electrons. The summed E-state index contributed by atoms with van der Waals surface area (Å²) in [7, 11) is 0. The molecule has 5 nitrogen and oxygen atoms in total. The van der Waals surface area contributed by atoms with E-state index in [0.717, 1.165) is 24.6 Å². The lowest BCUT2D eigenvalue weighted by Gasteiger charge is -2.28. The Morgan fingerprint density at radius 1 is 1.35 bits per heavy atom.